The van der Waals surface area contributed by atoms with Crippen LogP contribution in [0.25, 0.3) is 0 Å². The first kappa shape index (κ1) is 17.6. The SMILES string of the molecule is N#Cc1cccnc1NCC(O)COc1cccc(C(F)(F)F)c1. The smallest absolute Gasteiger partial charge is 0.416 e. The van der Waals surface area contributed by atoms with Gasteiger partial charge in [-0.15, -0.1) is 0 Å². The average molecular weight is 337 g/mol. The van der Waals surface area contributed by atoms with Crippen molar-refractivity contribution in [2.45, 2.75) is 12.3 Å². The quantitative estimate of drug-likeness (QED) is 0.847. The minimum atomic E-state index is -4.45. The zero-order valence-electron chi connectivity index (χ0n) is 12.4. The fourth-order valence-corrected chi connectivity index (χ4v) is 1.86. The van der Waals surface area contributed by atoms with Crippen molar-refractivity contribution in [3.8, 4) is 11.8 Å². The van der Waals surface area contributed by atoms with E-state index in [0.717, 1.165) is 12.1 Å². The molecule has 0 bridgehead atoms. The van der Waals surface area contributed by atoms with Crippen LogP contribution in [0.3, 0.4) is 0 Å². The van der Waals surface area contributed by atoms with Gasteiger partial charge >= 0.3 is 6.18 Å². The number of benzene rings is 1. The number of hydrogen-bond acceptors (Lipinski definition) is 5. The molecular weight excluding hydrogens is 323 g/mol. The monoisotopic (exact) mass is 337 g/mol. The molecule has 0 aliphatic carbocycles. The number of aromatic nitrogens is 1. The Balaban J connectivity index is 1.88. The van der Waals surface area contributed by atoms with E-state index in [2.05, 4.69) is 10.3 Å². The molecule has 1 aromatic heterocycles. The Labute approximate surface area is 136 Å². The number of pyridine rings is 1. The van der Waals surface area contributed by atoms with Crippen LogP contribution in [-0.2, 0) is 6.18 Å². The van der Waals surface area contributed by atoms with Crippen LogP contribution in [0.4, 0.5) is 19.0 Å². The maximum absolute atomic E-state index is 12.6. The molecule has 1 aromatic carbocycles. The number of aliphatic hydroxyl groups is 1. The van der Waals surface area contributed by atoms with Gasteiger partial charge in [0, 0.05) is 12.7 Å². The molecule has 0 fully saturated rings. The topological polar surface area (TPSA) is 78.2 Å². The van der Waals surface area contributed by atoms with E-state index in [4.69, 9.17) is 10.00 Å². The number of alkyl halides is 3. The number of halogens is 3. The molecule has 0 spiro atoms. The van der Waals surface area contributed by atoms with Gasteiger partial charge in [0.2, 0.25) is 0 Å². The van der Waals surface area contributed by atoms with Gasteiger partial charge in [0.25, 0.3) is 0 Å². The summed E-state index contributed by atoms with van der Waals surface area (Å²) in [6, 6.07) is 9.55. The molecule has 24 heavy (non-hydrogen) atoms. The van der Waals surface area contributed by atoms with Gasteiger partial charge in [-0.05, 0) is 30.3 Å². The molecule has 1 unspecified atom stereocenters. The van der Waals surface area contributed by atoms with E-state index in [1.165, 1.54) is 18.3 Å². The molecule has 1 atom stereocenters. The Bertz CT molecular complexity index is 729. The zero-order chi connectivity index (χ0) is 17.6. The molecule has 0 aliphatic rings. The van der Waals surface area contributed by atoms with Crippen molar-refractivity contribution in [1.29, 1.82) is 5.26 Å². The Morgan fingerprint density at radius 1 is 1.29 bits per heavy atom. The summed E-state index contributed by atoms with van der Waals surface area (Å²) >= 11 is 0. The molecule has 2 aromatic rings. The minimum absolute atomic E-state index is 0.0134. The molecule has 5 nitrogen and oxygen atoms in total. The van der Waals surface area contributed by atoms with Crippen molar-refractivity contribution >= 4 is 5.82 Å². The molecule has 2 N–H and O–H groups in total. The van der Waals surface area contributed by atoms with Crippen molar-refractivity contribution in [1.82, 2.24) is 4.98 Å². The second-order valence-electron chi connectivity index (χ2n) is 4.88. The van der Waals surface area contributed by atoms with Crippen LogP contribution < -0.4 is 10.1 Å². The third kappa shape index (κ3) is 4.86. The van der Waals surface area contributed by atoms with Crippen LogP contribution in [0.2, 0.25) is 0 Å². The van der Waals surface area contributed by atoms with Crippen molar-refractivity contribution in [2.24, 2.45) is 0 Å². The second kappa shape index (κ2) is 7.66. The molecule has 0 amide bonds. The summed E-state index contributed by atoms with van der Waals surface area (Å²) in [5.41, 5.74) is -0.497. The summed E-state index contributed by atoms with van der Waals surface area (Å²) in [6.07, 6.45) is -3.95. The van der Waals surface area contributed by atoms with E-state index in [1.54, 1.807) is 12.1 Å². The number of rotatable bonds is 6. The maximum Gasteiger partial charge on any atom is 0.416 e. The minimum Gasteiger partial charge on any atom is -0.491 e. The van der Waals surface area contributed by atoms with Crippen LogP contribution in [0.15, 0.2) is 42.6 Å². The lowest BCUT2D eigenvalue weighted by Crippen LogP contribution is -2.27. The number of anilines is 1. The number of nitrogens with zero attached hydrogens (tertiary/aromatic N) is 2. The predicted molar refractivity (Wildman–Crippen MR) is 80.4 cm³/mol. The highest BCUT2D eigenvalue weighted by atomic mass is 19.4. The number of nitriles is 1. The van der Waals surface area contributed by atoms with E-state index in [-0.39, 0.29) is 18.9 Å². The highest BCUT2D eigenvalue weighted by Crippen LogP contribution is 2.31. The van der Waals surface area contributed by atoms with Crippen molar-refractivity contribution < 1.29 is 23.0 Å². The van der Waals surface area contributed by atoms with Gasteiger partial charge in [0.05, 0.1) is 11.1 Å². The van der Waals surface area contributed by atoms with Crippen molar-refractivity contribution in [3.05, 3.63) is 53.7 Å². The van der Waals surface area contributed by atoms with Gasteiger partial charge in [-0.2, -0.15) is 18.4 Å². The van der Waals surface area contributed by atoms with E-state index >= 15 is 0 Å². The summed E-state index contributed by atoms with van der Waals surface area (Å²) in [5.74, 6) is 0.331. The molecular formula is C16H14F3N3O2. The lowest BCUT2D eigenvalue weighted by Gasteiger charge is -2.15. The van der Waals surface area contributed by atoms with Gasteiger partial charge in [-0.3, -0.25) is 0 Å². The van der Waals surface area contributed by atoms with Crippen LogP contribution >= 0.6 is 0 Å². The summed E-state index contributed by atoms with van der Waals surface area (Å²) in [6.45, 7) is -0.173. The Kier molecular flexibility index (Phi) is 5.60. The summed E-state index contributed by atoms with van der Waals surface area (Å²) < 4.78 is 43.0. The molecule has 8 heteroatoms. The zero-order valence-corrected chi connectivity index (χ0v) is 12.4. The molecule has 0 saturated carbocycles. The second-order valence-corrected chi connectivity index (χ2v) is 4.88. The molecule has 0 radical (unpaired) electrons. The molecule has 0 aliphatic heterocycles. The normalized spacial score (nSPS) is 12.3. The largest absolute Gasteiger partial charge is 0.491 e. The third-order valence-electron chi connectivity index (χ3n) is 3.04. The summed E-state index contributed by atoms with van der Waals surface area (Å²) in [4.78, 5) is 3.97. The lowest BCUT2D eigenvalue weighted by atomic mass is 10.2. The van der Waals surface area contributed by atoms with Crippen LogP contribution in [0, 0.1) is 11.3 Å². The summed E-state index contributed by atoms with van der Waals surface area (Å²) in [7, 11) is 0. The van der Waals surface area contributed by atoms with E-state index in [0.29, 0.717) is 11.4 Å². The van der Waals surface area contributed by atoms with Crippen LogP contribution in [0.5, 0.6) is 5.75 Å². The standard InChI is InChI=1S/C16H14F3N3O2/c17-16(18,19)12-4-1-5-14(7-12)24-10-13(23)9-22-15-11(8-20)3-2-6-21-15/h1-7,13,23H,9-10H2,(H,21,22). The first-order chi connectivity index (χ1) is 11.4. The average Bonchev–Trinajstić information content (AvgIpc) is 2.58. The van der Waals surface area contributed by atoms with E-state index in [9.17, 15) is 18.3 Å². The first-order valence-corrected chi connectivity index (χ1v) is 6.97. The Hall–Kier alpha value is -2.79. The Morgan fingerprint density at radius 2 is 2.08 bits per heavy atom. The molecule has 2 rings (SSSR count). The van der Waals surface area contributed by atoms with Gasteiger partial charge < -0.3 is 15.2 Å². The van der Waals surface area contributed by atoms with Crippen LogP contribution in [-0.4, -0.2) is 29.3 Å². The molecule has 126 valence electrons. The fourth-order valence-electron chi connectivity index (χ4n) is 1.86. The van der Waals surface area contributed by atoms with Crippen LogP contribution in [0.1, 0.15) is 11.1 Å². The fraction of sp³-hybridized carbons (Fsp3) is 0.250. The number of ether oxygens (including phenoxy) is 1. The third-order valence-corrected chi connectivity index (χ3v) is 3.04. The summed E-state index contributed by atoms with van der Waals surface area (Å²) in [5, 5.41) is 21.6. The maximum atomic E-state index is 12.6. The van der Waals surface area contributed by atoms with Gasteiger partial charge in [-0.25, -0.2) is 4.98 Å². The lowest BCUT2D eigenvalue weighted by molar-refractivity contribution is -0.137. The predicted octanol–water partition coefficient (Wildman–Crippen LogP) is 2.82. The first-order valence-electron chi connectivity index (χ1n) is 6.97. The van der Waals surface area contributed by atoms with Gasteiger partial charge in [0.1, 0.15) is 30.3 Å². The highest BCUT2D eigenvalue weighted by Gasteiger charge is 2.30. The van der Waals surface area contributed by atoms with Crippen molar-refractivity contribution in [3.63, 3.8) is 0 Å². The number of hydrogen-bond donors (Lipinski definition) is 2. The van der Waals surface area contributed by atoms with E-state index < -0.39 is 17.8 Å². The highest BCUT2D eigenvalue weighted by molar-refractivity contribution is 5.51. The van der Waals surface area contributed by atoms with E-state index in [1.807, 2.05) is 6.07 Å². The molecule has 1 heterocycles. The number of aliphatic hydroxyl groups excluding tert-OH is 1. The number of nitrogens with one attached hydrogen (secondary N) is 1. The van der Waals surface area contributed by atoms with Crippen molar-refractivity contribution in [2.75, 3.05) is 18.5 Å². The molecule has 0 saturated heterocycles. The van der Waals surface area contributed by atoms with Gasteiger partial charge in [-0.1, -0.05) is 6.07 Å². The Morgan fingerprint density at radius 3 is 2.79 bits per heavy atom. The van der Waals surface area contributed by atoms with Gasteiger partial charge in [0.15, 0.2) is 0 Å².